The number of hydrogen-bond donors (Lipinski definition) is 1. The van der Waals surface area contributed by atoms with Crippen LogP contribution in [0, 0.1) is 28.6 Å². The zero-order valence-electron chi connectivity index (χ0n) is 13.4. The van der Waals surface area contributed by atoms with E-state index in [1.807, 2.05) is 6.08 Å². The Morgan fingerprint density at radius 1 is 1.05 bits per heavy atom. The van der Waals surface area contributed by atoms with Gasteiger partial charge in [0.15, 0.2) is 5.78 Å². The van der Waals surface area contributed by atoms with Gasteiger partial charge < -0.3 is 5.11 Å². The maximum atomic E-state index is 11.8. The van der Waals surface area contributed by atoms with Gasteiger partial charge in [-0.05, 0) is 79.6 Å². The molecule has 0 heterocycles. The number of aliphatic hydroxyl groups is 1. The minimum Gasteiger partial charge on any atom is -0.393 e. The molecule has 2 heteroatoms. The average Bonchev–Trinajstić information content (AvgIpc) is 2.76. The van der Waals surface area contributed by atoms with E-state index in [-0.39, 0.29) is 16.9 Å². The van der Waals surface area contributed by atoms with Crippen molar-refractivity contribution in [2.75, 3.05) is 0 Å². The number of hydrogen-bond acceptors (Lipinski definition) is 2. The van der Waals surface area contributed by atoms with E-state index < -0.39 is 0 Å². The van der Waals surface area contributed by atoms with Gasteiger partial charge in [-0.2, -0.15) is 0 Å². The summed E-state index contributed by atoms with van der Waals surface area (Å²) in [6, 6.07) is 0. The molecule has 2 nitrogen and oxygen atoms in total. The molecule has 3 fully saturated rings. The summed E-state index contributed by atoms with van der Waals surface area (Å²) in [7, 11) is 0. The molecule has 3 saturated carbocycles. The van der Waals surface area contributed by atoms with Crippen LogP contribution in [0.5, 0.6) is 0 Å². The molecule has 21 heavy (non-hydrogen) atoms. The lowest BCUT2D eigenvalue weighted by Gasteiger charge is -2.57. The lowest BCUT2D eigenvalue weighted by molar-refractivity contribution is -0.118. The molecule has 0 aromatic carbocycles. The number of fused-ring (bicyclic) bond motifs is 5. The summed E-state index contributed by atoms with van der Waals surface area (Å²) < 4.78 is 0. The second kappa shape index (κ2) is 4.44. The van der Waals surface area contributed by atoms with Crippen LogP contribution in [-0.2, 0) is 4.79 Å². The van der Waals surface area contributed by atoms with Gasteiger partial charge in [-0.1, -0.05) is 19.4 Å². The Balaban J connectivity index is 1.69. The van der Waals surface area contributed by atoms with Crippen molar-refractivity contribution >= 4 is 5.78 Å². The highest BCUT2D eigenvalue weighted by molar-refractivity contribution is 5.91. The Bertz CT molecular complexity index is 508. The van der Waals surface area contributed by atoms with Crippen molar-refractivity contribution in [3.8, 4) is 0 Å². The first-order chi connectivity index (χ1) is 9.95. The largest absolute Gasteiger partial charge is 0.393 e. The molecule has 4 rings (SSSR count). The van der Waals surface area contributed by atoms with Crippen molar-refractivity contribution in [2.45, 2.75) is 71.3 Å². The fourth-order valence-electron chi connectivity index (χ4n) is 6.53. The molecule has 0 aliphatic heterocycles. The number of carbonyl (C=O) groups excluding carboxylic acids is 1. The van der Waals surface area contributed by atoms with E-state index in [1.165, 1.54) is 31.3 Å². The van der Waals surface area contributed by atoms with Gasteiger partial charge in [0.05, 0.1) is 6.10 Å². The molecule has 0 spiro atoms. The maximum Gasteiger partial charge on any atom is 0.155 e. The summed E-state index contributed by atoms with van der Waals surface area (Å²) in [5, 5.41) is 10.4. The van der Waals surface area contributed by atoms with Gasteiger partial charge in [0.1, 0.15) is 0 Å². The van der Waals surface area contributed by atoms with E-state index in [4.69, 9.17) is 0 Å². The van der Waals surface area contributed by atoms with Crippen LogP contribution in [0.3, 0.4) is 0 Å². The second-order valence-electron chi connectivity index (χ2n) is 8.61. The molecule has 4 aliphatic carbocycles. The van der Waals surface area contributed by atoms with Gasteiger partial charge in [0.25, 0.3) is 0 Å². The fraction of sp³-hybridized carbons (Fsp3) is 0.842. The first kappa shape index (κ1) is 14.0. The van der Waals surface area contributed by atoms with Crippen LogP contribution in [0.25, 0.3) is 0 Å². The second-order valence-corrected chi connectivity index (χ2v) is 8.61. The number of allylic oxidation sites excluding steroid dienone is 1. The van der Waals surface area contributed by atoms with E-state index in [0.29, 0.717) is 11.7 Å². The predicted molar refractivity (Wildman–Crippen MR) is 82.7 cm³/mol. The first-order valence-electron chi connectivity index (χ1n) is 8.87. The number of carbonyl (C=O) groups is 1. The Morgan fingerprint density at radius 2 is 1.86 bits per heavy atom. The average molecular weight is 288 g/mol. The normalized spacial score (nSPS) is 52.7. The lowest BCUT2D eigenvalue weighted by Crippen LogP contribution is -2.51. The molecule has 0 radical (unpaired) electrons. The van der Waals surface area contributed by atoms with Crippen LogP contribution in [0.15, 0.2) is 11.6 Å². The molecular formula is C19H28O2. The summed E-state index contributed by atoms with van der Waals surface area (Å²) >= 11 is 0. The quantitative estimate of drug-likeness (QED) is 0.734. The number of aliphatic hydroxyl groups excluding tert-OH is 1. The van der Waals surface area contributed by atoms with E-state index in [0.717, 1.165) is 37.5 Å². The van der Waals surface area contributed by atoms with Crippen LogP contribution >= 0.6 is 0 Å². The van der Waals surface area contributed by atoms with Gasteiger partial charge in [-0.15, -0.1) is 0 Å². The van der Waals surface area contributed by atoms with E-state index in [2.05, 4.69) is 13.8 Å². The highest BCUT2D eigenvalue weighted by Crippen LogP contribution is 2.65. The smallest absolute Gasteiger partial charge is 0.155 e. The van der Waals surface area contributed by atoms with E-state index >= 15 is 0 Å². The van der Waals surface area contributed by atoms with Crippen LogP contribution in [0.2, 0.25) is 0 Å². The minimum absolute atomic E-state index is 0.0823. The Kier molecular flexibility index (Phi) is 2.96. The van der Waals surface area contributed by atoms with Gasteiger partial charge in [-0.25, -0.2) is 0 Å². The molecule has 0 amide bonds. The summed E-state index contributed by atoms with van der Waals surface area (Å²) in [5.41, 5.74) is 1.89. The van der Waals surface area contributed by atoms with Gasteiger partial charge in [0, 0.05) is 6.42 Å². The third-order valence-corrected chi connectivity index (χ3v) is 7.91. The zero-order valence-corrected chi connectivity index (χ0v) is 13.4. The van der Waals surface area contributed by atoms with Crippen molar-refractivity contribution in [3.05, 3.63) is 11.6 Å². The number of ketones is 1. The summed E-state index contributed by atoms with van der Waals surface area (Å²) in [6.07, 6.45) is 10.7. The highest BCUT2D eigenvalue weighted by Gasteiger charge is 2.58. The molecular weight excluding hydrogens is 260 g/mol. The molecule has 0 bridgehead atoms. The molecule has 0 saturated heterocycles. The Labute approximate surface area is 128 Å². The molecule has 0 aromatic heterocycles. The van der Waals surface area contributed by atoms with E-state index in [1.54, 1.807) is 0 Å². The topological polar surface area (TPSA) is 37.3 Å². The van der Waals surface area contributed by atoms with E-state index in [9.17, 15) is 9.90 Å². The van der Waals surface area contributed by atoms with Gasteiger partial charge in [-0.3, -0.25) is 4.79 Å². The molecule has 6 atom stereocenters. The van der Waals surface area contributed by atoms with Crippen molar-refractivity contribution in [1.82, 2.24) is 0 Å². The third kappa shape index (κ3) is 1.78. The van der Waals surface area contributed by atoms with Crippen molar-refractivity contribution < 1.29 is 9.90 Å². The highest BCUT2D eigenvalue weighted by atomic mass is 16.3. The SMILES string of the molecule is C[C@@]12CC[C@H]3[C@H](CCC4=CC(=O)CC[C@@]43C)[C@@H]1CC[C@@H]2O. The third-order valence-electron chi connectivity index (χ3n) is 7.91. The monoisotopic (exact) mass is 288 g/mol. The van der Waals surface area contributed by atoms with Crippen LogP contribution in [0.1, 0.15) is 65.2 Å². The van der Waals surface area contributed by atoms with Gasteiger partial charge in [0.2, 0.25) is 0 Å². The zero-order chi connectivity index (χ0) is 14.8. The van der Waals surface area contributed by atoms with Crippen molar-refractivity contribution in [3.63, 3.8) is 0 Å². The Morgan fingerprint density at radius 3 is 2.67 bits per heavy atom. The molecule has 1 N–H and O–H groups in total. The van der Waals surface area contributed by atoms with Crippen LogP contribution in [-0.4, -0.2) is 17.0 Å². The van der Waals surface area contributed by atoms with Crippen molar-refractivity contribution in [2.24, 2.45) is 28.6 Å². The van der Waals surface area contributed by atoms with Crippen LogP contribution < -0.4 is 0 Å². The molecule has 0 aromatic rings. The molecule has 4 aliphatic rings. The van der Waals surface area contributed by atoms with Crippen LogP contribution in [0.4, 0.5) is 0 Å². The summed E-state index contributed by atoms with van der Waals surface area (Å²) in [5.74, 6) is 2.57. The summed E-state index contributed by atoms with van der Waals surface area (Å²) in [4.78, 5) is 11.8. The molecule has 116 valence electrons. The lowest BCUT2D eigenvalue weighted by atomic mass is 9.47. The maximum absolute atomic E-state index is 11.8. The Hall–Kier alpha value is -0.630. The number of rotatable bonds is 0. The standard InChI is InChI=1S/C19H28O2/c1-18-9-7-13(20)11-12(18)3-4-14-15-5-6-17(21)19(15,2)10-8-16(14)18/h11,14-17,21H,3-10H2,1-2H3/t14-,15+,16+,17+,18+,19-/m1/s1. The van der Waals surface area contributed by atoms with Gasteiger partial charge >= 0.3 is 0 Å². The first-order valence-corrected chi connectivity index (χ1v) is 8.87. The molecule has 0 unspecified atom stereocenters. The summed E-state index contributed by atoms with van der Waals surface area (Å²) in [6.45, 7) is 4.76. The predicted octanol–water partition coefficient (Wildman–Crippen LogP) is 3.88. The van der Waals surface area contributed by atoms with Crippen molar-refractivity contribution in [1.29, 1.82) is 0 Å². The fourth-order valence-corrected chi connectivity index (χ4v) is 6.53. The minimum atomic E-state index is -0.0823.